The summed E-state index contributed by atoms with van der Waals surface area (Å²) in [7, 11) is 1.54. The zero-order chi connectivity index (χ0) is 13.4. The van der Waals surface area contributed by atoms with E-state index in [-0.39, 0.29) is 6.61 Å². The predicted molar refractivity (Wildman–Crippen MR) is 61.1 cm³/mol. The quantitative estimate of drug-likeness (QED) is 0.408. The fourth-order valence-corrected chi connectivity index (χ4v) is 1.30. The lowest BCUT2D eigenvalue weighted by atomic mass is 10.3. The van der Waals surface area contributed by atoms with Crippen LogP contribution in [0.1, 0.15) is 11.5 Å². The van der Waals surface area contributed by atoms with Gasteiger partial charge in [-0.2, -0.15) is 0 Å². The van der Waals surface area contributed by atoms with E-state index in [0.717, 1.165) is 0 Å². The number of anilines is 1. The van der Waals surface area contributed by atoms with E-state index in [0.29, 0.717) is 30.4 Å². The molecule has 8 heteroatoms. The first-order valence-corrected chi connectivity index (χ1v) is 5.34. The number of nitrogens with one attached hydrogen (secondary N) is 1. The van der Waals surface area contributed by atoms with Crippen molar-refractivity contribution < 1.29 is 18.3 Å². The van der Waals surface area contributed by atoms with E-state index in [1.807, 2.05) is 0 Å². The van der Waals surface area contributed by atoms with Crippen LogP contribution < -0.4 is 11.3 Å². The minimum Gasteiger partial charge on any atom is -0.378 e. The van der Waals surface area contributed by atoms with E-state index in [2.05, 4.69) is 15.4 Å². The molecule has 6 nitrogen and oxygen atoms in total. The fourth-order valence-electron chi connectivity index (χ4n) is 1.30. The number of hydrogen-bond donors (Lipinski definition) is 2. The zero-order valence-corrected chi connectivity index (χ0v) is 10.0. The van der Waals surface area contributed by atoms with E-state index >= 15 is 0 Å². The molecule has 1 rings (SSSR count). The first kappa shape index (κ1) is 14.7. The predicted octanol–water partition coefficient (Wildman–Crippen LogP) is 0.733. The largest absolute Gasteiger partial charge is 0.378 e. The highest BCUT2D eigenvalue weighted by Crippen LogP contribution is 2.07. The van der Waals surface area contributed by atoms with Gasteiger partial charge in [0.25, 0.3) is 6.43 Å². The lowest BCUT2D eigenvalue weighted by molar-refractivity contribution is 0.0182. The second-order valence-electron chi connectivity index (χ2n) is 3.45. The smallest absolute Gasteiger partial charge is 0.261 e. The summed E-state index contributed by atoms with van der Waals surface area (Å²) in [6, 6.07) is 1.65. The van der Waals surface area contributed by atoms with Gasteiger partial charge < -0.3 is 14.9 Å². The molecule has 3 N–H and O–H groups in total. The Morgan fingerprint density at radius 2 is 2.22 bits per heavy atom. The first-order valence-electron chi connectivity index (χ1n) is 5.34. The van der Waals surface area contributed by atoms with Gasteiger partial charge in [0.1, 0.15) is 18.2 Å². The molecule has 0 aliphatic carbocycles. The Bertz CT molecular complexity index is 366. The molecule has 0 aromatic carbocycles. The second-order valence-corrected chi connectivity index (χ2v) is 3.45. The monoisotopic (exact) mass is 262 g/mol. The Kier molecular flexibility index (Phi) is 6.40. The van der Waals surface area contributed by atoms with Gasteiger partial charge in [-0.1, -0.05) is 0 Å². The lowest BCUT2D eigenvalue weighted by Gasteiger charge is -2.07. The highest BCUT2D eigenvalue weighted by molar-refractivity contribution is 5.34. The number of ether oxygens (including phenoxy) is 2. The molecule has 18 heavy (non-hydrogen) atoms. The van der Waals surface area contributed by atoms with E-state index in [4.69, 9.17) is 15.3 Å². The van der Waals surface area contributed by atoms with Crippen molar-refractivity contribution in [3.05, 3.63) is 17.6 Å². The number of nitrogens with two attached hydrogens (primary N) is 1. The minimum atomic E-state index is -2.47. The molecule has 0 spiro atoms. The van der Waals surface area contributed by atoms with E-state index in [1.54, 1.807) is 13.2 Å². The van der Waals surface area contributed by atoms with Crippen LogP contribution in [-0.2, 0) is 22.5 Å². The van der Waals surface area contributed by atoms with E-state index < -0.39 is 13.0 Å². The normalized spacial score (nSPS) is 10.9. The van der Waals surface area contributed by atoms with Crippen LogP contribution in [-0.4, -0.2) is 36.7 Å². The van der Waals surface area contributed by atoms with Gasteiger partial charge in [0.05, 0.1) is 18.9 Å². The lowest BCUT2D eigenvalue weighted by Crippen LogP contribution is -2.14. The van der Waals surface area contributed by atoms with Crippen LogP contribution in [0.3, 0.4) is 0 Å². The highest BCUT2D eigenvalue weighted by atomic mass is 19.3. The number of hydrogen-bond acceptors (Lipinski definition) is 6. The number of methoxy groups -OCH3 is 1. The Labute approximate surface area is 103 Å². The molecule has 102 valence electrons. The molecule has 1 aromatic heterocycles. The third-order valence-corrected chi connectivity index (χ3v) is 1.98. The van der Waals surface area contributed by atoms with Crippen molar-refractivity contribution in [1.82, 2.24) is 9.97 Å². The Morgan fingerprint density at radius 1 is 1.44 bits per heavy atom. The second kappa shape index (κ2) is 7.85. The summed E-state index contributed by atoms with van der Waals surface area (Å²) < 4.78 is 33.4. The molecule has 0 aliphatic heterocycles. The van der Waals surface area contributed by atoms with Gasteiger partial charge in [-0.05, 0) is 0 Å². The summed E-state index contributed by atoms with van der Waals surface area (Å²) >= 11 is 0. The molecule has 0 radical (unpaired) electrons. The molecular weight excluding hydrogens is 246 g/mol. The molecule has 0 unspecified atom stereocenters. The van der Waals surface area contributed by atoms with Crippen molar-refractivity contribution in [2.24, 2.45) is 5.84 Å². The Hall–Kier alpha value is -1.38. The summed E-state index contributed by atoms with van der Waals surface area (Å²) in [6.45, 7) is -0.132. The molecule has 0 amide bonds. The van der Waals surface area contributed by atoms with Gasteiger partial charge in [0.2, 0.25) is 0 Å². The third kappa shape index (κ3) is 5.30. The zero-order valence-electron chi connectivity index (χ0n) is 10.0. The number of hydrazine groups is 1. The summed E-state index contributed by atoms with van der Waals surface area (Å²) in [5.74, 6) is 6.18. The van der Waals surface area contributed by atoms with Gasteiger partial charge in [-0.15, -0.1) is 0 Å². The number of rotatable bonds is 8. The van der Waals surface area contributed by atoms with Crippen molar-refractivity contribution in [1.29, 1.82) is 0 Å². The van der Waals surface area contributed by atoms with Crippen LogP contribution in [0, 0.1) is 0 Å². The molecular formula is C10H16F2N4O2. The highest BCUT2D eigenvalue weighted by Gasteiger charge is 2.06. The molecule has 1 aromatic rings. The molecule has 1 heterocycles. The SMILES string of the molecule is COCc1cc(NN)nc(CCOCC(F)F)n1. The summed E-state index contributed by atoms with van der Waals surface area (Å²) in [6.07, 6.45) is -2.13. The molecule has 0 fully saturated rings. The Morgan fingerprint density at radius 3 is 2.83 bits per heavy atom. The van der Waals surface area contributed by atoms with Gasteiger partial charge in [0.15, 0.2) is 0 Å². The third-order valence-electron chi connectivity index (χ3n) is 1.98. The summed E-state index contributed by atoms with van der Waals surface area (Å²) in [4.78, 5) is 8.27. The van der Waals surface area contributed by atoms with Crippen molar-refractivity contribution in [2.45, 2.75) is 19.5 Å². The molecule has 0 atom stereocenters. The van der Waals surface area contributed by atoms with Gasteiger partial charge in [-0.3, -0.25) is 0 Å². The van der Waals surface area contributed by atoms with Gasteiger partial charge in [-0.25, -0.2) is 24.6 Å². The van der Waals surface area contributed by atoms with Gasteiger partial charge >= 0.3 is 0 Å². The topological polar surface area (TPSA) is 82.3 Å². The standard InChI is InChI=1S/C10H16F2N4O2/c1-17-5-7-4-10(16-13)15-9(14-7)2-3-18-6-8(11)12/h4,8H,2-3,5-6,13H2,1H3,(H,14,15,16). The van der Waals surface area contributed by atoms with Crippen LogP contribution >= 0.6 is 0 Å². The molecule has 0 bridgehead atoms. The van der Waals surface area contributed by atoms with Crippen molar-refractivity contribution in [3.63, 3.8) is 0 Å². The Balaban J connectivity index is 2.55. The number of alkyl halides is 2. The molecule has 0 saturated carbocycles. The van der Waals surface area contributed by atoms with Crippen molar-refractivity contribution in [3.8, 4) is 0 Å². The fraction of sp³-hybridized carbons (Fsp3) is 0.600. The maximum Gasteiger partial charge on any atom is 0.261 e. The number of nitrogen functional groups attached to an aromatic ring is 1. The number of halogens is 2. The molecule has 0 aliphatic rings. The van der Waals surface area contributed by atoms with Crippen LogP contribution in [0.4, 0.5) is 14.6 Å². The first-order chi connectivity index (χ1) is 8.65. The van der Waals surface area contributed by atoms with Crippen LogP contribution in [0.5, 0.6) is 0 Å². The van der Waals surface area contributed by atoms with Crippen molar-refractivity contribution >= 4 is 5.82 Å². The average Bonchev–Trinajstić information content (AvgIpc) is 2.34. The van der Waals surface area contributed by atoms with Crippen LogP contribution in [0.25, 0.3) is 0 Å². The van der Waals surface area contributed by atoms with Gasteiger partial charge in [0, 0.05) is 19.6 Å². The number of aromatic nitrogens is 2. The van der Waals surface area contributed by atoms with Crippen molar-refractivity contribution in [2.75, 3.05) is 25.7 Å². The van der Waals surface area contributed by atoms with E-state index in [1.165, 1.54) is 0 Å². The maximum atomic E-state index is 11.8. The summed E-state index contributed by atoms with van der Waals surface area (Å²) in [5, 5.41) is 0. The maximum absolute atomic E-state index is 11.8. The molecule has 0 saturated heterocycles. The minimum absolute atomic E-state index is 0.130. The van der Waals surface area contributed by atoms with E-state index in [9.17, 15) is 8.78 Å². The average molecular weight is 262 g/mol. The number of nitrogens with zero attached hydrogens (tertiary/aromatic N) is 2. The summed E-state index contributed by atoms with van der Waals surface area (Å²) in [5.41, 5.74) is 3.06. The van der Waals surface area contributed by atoms with Crippen LogP contribution in [0.15, 0.2) is 6.07 Å². The van der Waals surface area contributed by atoms with Crippen LogP contribution in [0.2, 0.25) is 0 Å².